The molecule has 2 amide bonds. The first kappa shape index (κ1) is 21.2. The number of carbonyl (C=O) groups excluding carboxylic acids is 2. The summed E-state index contributed by atoms with van der Waals surface area (Å²) in [5, 5.41) is 0. The Hall–Kier alpha value is -3.02. The van der Waals surface area contributed by atoms with Crippen molar-refractivity contribution in [1.82, 2.24) is 4.90 Å². The third kappa shape index (κ3) is 4.53. The highest BCUT2D eigenvalue weighted by atomic mass is 16.5. The van der Waals surface area contributed by atoms with Gasteiger partial charge in [0.05, 0.1) is 6.61 Å². The van der Waals surface area contributed by atoms with Crippen LogP contribution in [0.25, 0.3) is 0 Å². The van der Waals surface area contributed by atoms with Gasteiger partial charge in [0, 0.05) is 30.4 Å². The molecule has 2 heterocycles. The summed E-state index contributed by atoms with van der Waals surface area (Å²) in [4.78, 5) is 29.5. The fourth-order valence-corrected chi connectivity index (χ4v) is 4.42. The summed E-state index contributed by atoms with van der Waals surface area (Å²) in [6.45, 7) is 5.95. The molecule has 6 heteroatoms. The minimum Gasteiger partial charge on any atom is -0.490 e. The highest BCUT2D eigenvalue weighted by Gasteiger charge is 2.31. The molecule has 1 atom stereocenters. The van der Waals surface area contributed by atoms with Gasteiger partial charge in [0.2, 0.25) is 0 Å². The molecule has 2 aliphatic rings. The van der Waals surface area contributed by atoms with E-state index in [1.807, 2.05) is 34.9 Å². The van der Waals surface area contributed by atoms with Gasteiger partial charge < -0.3 is 19.3 Å². The van der Waals surface area contributed by atoms with Gasteiger partial charge in [-0.2, -0.15) is 0 Å². The topological polar surface area (TPSA) is 59.1 Å². The molecule has 2 aromatic carbocycles. The Morgan fingerprint density at radius 2 is 1.77 bits per heavy atom. The first-order valence-electron chi connectivity index (χ1n) is 11.2. The first-order valence-corrected chi connectivity index (χ1v) is 11.2. The minimum absolute atomic E-state index is 0.00944. The molecule has 2 aromatic rings. The van der Waals surface area contributed by atoms with Crippen LogP contribution in [-0.4, -0.2) is 49.1 Å². The average Bonchev–Trinajstić information content (AvgIpc) is 3.14. The van der Waals surface area contributed by atoms with Gasteiger partial charge in [0.25, 0.3) is 11.8 Å². The maximum Gasteiger partial charge on any atom is 0.260 e. The van der Waals surface area contributed by atoms with Gasteiger partial charge in [0.15, 0.2) is 18.1 Å². The summed E-state index contributed by atoms with van der Waals surface area (Å²) in [7, 11) is 0. The number of carbonyl (C=O) groups is 2. The number of anilines is 1. The molecule has 0 spiro atoms. The standard InChI is InChI=1S/C25H30N2O4/c1-3-30-23-16-20(25(29)27-18(2)15-19-9-5-6-10-21(19)27)11-12-22(23)31-17-24(28)26-13-7-4-8-14-26/h5-6,9-12,16,18H,3-4,7-8,13-15,17H2,1-2H3. The fourth-order valence-electron chi connectivity index (χ4n) is 4.42. The van der Waals surface area contributed by atoms with Crippen LogP contribution in [0.3, 0.4) is 0 Å². The monoisotopic (exact) mass is 422 g/mol. The van der Waals surface area contributed by atoms with Crippen LogP contribution in [0.5, 0.6) is 11.5 Å². The zero-order chi connectivity index (χ0) is 21.8. The highest BCUT2D eigenvalue weighted by molar-refractivity contribution is 6.08. The maximum atomic E-state index is 13.3. The molecule has 164 valence electrons. The molecule has 0 aromatic heterocycles. The molecule has 1 fully saturated rings. The molecular weight excluding hydrogens is 392 g/mol. The largest absolute Gasteiger partial charge is 0.490 e. The molecule has 0 N–H and O–H groups in total. The van der Waals surface area contributed by atoms with E-state index in [0.29, 0.717) is 23.7 Å². The Morgan fingerprint density at radius 3 is 2.55 bits per heavy atom. The Labute approximate surface area is 183 Å². The predicted octanol–water partition coefficient (Wildman–Crippen LogP) is 4.07. The van der Waals surface area contributed by atoms with Crippen LogP contribution in [-0.2, 0) is 11.2 Å². The van der Waals surface area contributed by atoms with Gasteiger partial charge in [-0.1, -0.05) is 18.2 Å². The Bertz CT molecular complexity index is 952. The van der Waals surface area contributed by atoms with Crippen molar-refractivity contribution in [3.8, 4) is 11.5 Å². The quantitative estimate of drug-likeness (QED) is 0.704. The average molecular weight is 423 g/mol. The number of piperidine rings is 1. The SMILES string of the molecule is CCOc1cc(C(=O)N2c3ccccc3CC2C)ccc1OCC(=O)N1CCCCC1. The zero-order valence-corrected chi connectivity index (χ0v) is 18.3. The molecule has 1 unspecified atom stereocenters. The fraction of sp³-hybridized carbons (Fsp3) is 0.440. The molecule has 0 saturated carbocycles. The van der Waals surface area contributed by atoms with Crippen molar-refractivity contribution in [2.24, 2.45) is 0 Å². The third-order valence-corrected chi connectivity index (χ3v) is 5.98. The lowest BCUT2D eigenvalue weighted by Gasteiger charge is -2.26. The van der Waals surface area contributed by atoms with E-state index in [2.05, 4.69) is 13.0 Å². The van der Waals surface area contributed by atoms with E-state index >= 15 is 0 Å². The Balaban J connectivity index is 1.50. The van der Waals surface area contributed by atoms with E-state index in [1.54, 1.807) is 18.2 Å². The summed E-state index contributed by atoms with van der Waals surface area (Å²) >= 11 is 0. The van der Waals surface area contributed by atoms with E-state index < -0.39 is 0 Å². The lowest BCUT2D eigenvalue weighted by atomic mass is 10.1. The second kappa shape index (κ2) is 9.41. The number of nitrogens with zero attached hydrogens (tertiary/aromatic N) is 2. The molecule has 6 nitrogen and oxygen atoms in total. The van der Waals surface area contributed by atoms with Crippen molar-refractivity contribution in [2.75, 3.05) is 31.2 Å². The van der Waals surface area contributed by atoms with Crippen LogP contribution in [0.1, 0.15) is 49.0 Å². The van der Waals surface area contributed by atoms with Crippen molar-refractivity contribution in [3.63, 3.8) is 0 Å². The Kier molecular flexibility index (Phi) is 6.44. The number of hydrogen-bond acceptors (Lipinski definition) is 4. The van der Waals surface area contributed by atoms with Crippen molar-refractivity contribution in [2.45, 2.75) is 45.6 Å². The van der Waals surface area contributed by atoms with Crippen LogP contribution < -0.4 is 14.4 Å². The zero-order valence-electron chi connectivity index (χ0n) is 18.3. The Morgan fingerprint density at radius 1 is 1.00 bits per heavy atom. The predicted molar refractivity (Wildman–Crippen MR) is 120 cm³/mol. The smallest absolute Gasteiger partial charge is 0.260 e. The molecule has 31 heavy (non-hydrogen) atoms. The van der Waals surface area contributed by atoms with Crippen molar-refractivity contribution in [3.05, 3.63) is 53.6 Å². The van der Waals surface area contributed by atoms with Gasteiger partial charge in [0.1, 0.15) is 0 Å². The summed E-state index contributed by atoms with van der Waals surface area (Å²) in [6.07, 6.45) is 4.12. The molecule has 0 aliphatic carbocycles. The number of amides is 2. The normalized spacial score (nSPS) is 17.9. The van der Waals surface area contributed by atoms with Crippen molar-refractivity contribution >= 4 is 17.5 Å². The van der Waals surface area contributed by atoms with Gasteiger partial charge in [-0.05, 0) is 69.4 Å². The molecule has 1 saturated heterocycles. The van der Waals surface area contributed by atoms with E-state index in [0.717, 1.165) is 38.0 Å². The van der Waals surface area contributed by atoms with Crippen molar-refractivity contribution in [1.29, 1.82) is 0 Å². The minimum atomic E-state index is -0.0608. The van der Waals surface area contributed by atoms with E-state index in [4.69, 9.17) is 9.47 Å². The van der Waals surface area contributed by atoms with Crippen LogP contribution in [0.4, 0.5) is 5.69 Å². The second-order valence-electron chi connectivity index (χ2n) is 8.18. The number of benzene rings is 2. The number of likely N-dealkylation sites (tertiary alicyclic amines) is 1. The summed E-state index contributed by atoms with van der Waals surface area (Å²) in [5.74, 6) is 0.901. The van der Waals surface area contributed by atoms with E-state index in [9.17, 15) is 9.59 Å². The maximum absolute atomic E-state index is 13.3. The summed E-state index contributed by atoms with van der Waals surface area (Å²) in [6, 6.07) is 13.3. The molecule has 0 radical (unpaired) electrons. The molecular formula is C25H30N2O4. The second-order valence-corrected chi connectivity index (χ2v) is 8.18. The summed E-state index contributed by atoms with van der Waals surface area (Å²) in [5.41, 5.74) is 2.69. The summed E-state index contributed by atoms with van der Waals surface area (Å²) < 4.78 is 11.5. The van der Waals surface area contributed by atoms with E-state index in [-0.39, 0.29) is 24.5 Å². The number of ether oxygens (including phenoxy) is 2. The van der Waals surface area contributed by atoms with Gasteiger partial charge >= 0.3 is 0 Å². The molecule has 2 aliphatic heterocycles. The third-order valence-electron chi connectivity index (χ3n) is 5.98. The lowest BCUT2D eigenvalue weighted by molar-refractivity contribution is -0.134. The van der Waals surface area contributed by atoms with Gasteiger partial charge in [-0.25, -0.2) is 0 Å². The van der Waals surface area contributed by atoms with Gasteiger partial charge in [-0.3, -0.25) is 9.59 Å². The number of rotatable bonds is 6. The van der Waals surface area contributed by atoms with E-state index in [1.165, 1.54) is 12.0 Å². The van der Waals surface area contributed by atoms with Crippen molar-refractivity contribution < 1.29 is 19.1 Å². The highest BCUT2D eigenvalue weighted by Crippen LogP contribution is 2.35. The molecule has 4 rings (SSSR count). The lowest BCUT2D eigenvalue weighted by Crippen LogP contribution is -2.38. The van der Waals surface area contributed by atoms with Crippen LogP contribution in [0.2, 0.25) is 0 Å². The molecule has 0 bridgehead atoms. The van der Waals surface area contributed by atoms with Crippen LogP contribution in [0.15, 0.2) is 42.5 Å². The van der Waals surface area contributed by atoms with Gasteiger partial charge in [-0.15, -0.1) is 0 Å². The van der Waals surface area contributed by atoms with Crippen LogP contribution in [0, 0.1) is 0 Å². The number of para-hydroxylation sites is 1. The van der Waals surface area contributed by atoms with Crippen LogP contribution >= 0.6 is 0 Å². The number of fused-ring (bicyclic) bond motifs is 1. The first-order chi connectivity index (χ1) is 15.1. The number of hydrogen-bond donors (Lipinski definition) is 0.